The van der Waals surface area contributed by atoms with E-state index in [1.54, 1.807) is 20.8 Å². The maximum atomic E-state index is 12.0. The van der Waals surface area contributed by atoms with Crippen LogP contribution in [0.3, 0.4) is 0 Å². The van der Waals surface area contributed by atoms with E-state index in [0.717, 1.165) is 19.3 Å². The van der Waals surface area contributed by atoms with Crippen molar-refractivity contribution in [1.29, 1.82) is 0 Å². The Hall–Kier alpha value is -4.16. The molecule has 2 saturated heterocycles. The fourth-order valence-corrected chi connectivity index (χ4v) is 9.25. The zero-order valence-electron chi connectivity index (χ0n) is 31.5. The van der Waals surface area contributed by atoms with Gasteiger partial charge in [0.2, 0.25) is 11.8 Å². The molecule has 5 amide bonds. The molecule has 2 aliphatic heterocycles. The molecule has 0 aromatic heterocycles. The molecule has 5 fully saturated rings. The average Bonchev–Trinajstić information content (AvgIpc) is 3.82. The molecule has 0 spiro atoms. The number of ether oxygens (including phenoxy) is 3. The normalized spacial score (nSPS) is 36.5. The Morgan fingerprint density at radius 2 is 0.962 bits per heavy atom. The topological polar surface area (TPSA) is 169 Å². The summed E-state index contributed by atoms with van der Waals surface area (Å²) >= 11 is 0. The van der Waals surface area contributed by atoms with Gasteiger partial charge in [-0.25, -0.2) is 24.2 Å². The standard InChI is InChI=1S/C13H19NO4.2C13H17NO3/c1-13(2,3)18-12(17)14-10-8-5-4-7(6-8)9(10)11(15)16;2*1-13(2,3)17-12(16)14-10-8-5-4-7(6-8)9(10)11(14)15/h4-5,7-10H,6H2,1-3H3,(H,14,17)(H,15,16);2*4-5,7-10H,6H2,1-3H3/t7-,8+,9+,10-;7-,8+,9?,10?;7-,8+,9+,10-/m011/s1. The molecule has 8 aliphatic rings. The minimum absolute atomic E-state index is 0.0347. The van der Waals surface area contributed by atoms with E-state index in [4.69, 9.17) is 14.2 Å². The monoisotopic (exact) mass is 723 g/mol. The summed E-state index contributed by atoms with van der Waals surface area (Å²) in [6.45, 7) is 16.2. The third-order valence-electron chi connectivity index (χ3n) is 11.1. The van der Waals surface area contributed by atoms with Gasteiger partial charge in [-0.15, -0.1) is 0 Å². The van der Waals surface area contributed by atoms with E-state index in [9.17, 15) is 33.9 Å². The van der Waals surface area contributed by atoms with Gasteiger partial charge in [0.05, 0.1) is 35.9 Å². The summed E-state index contributed by atoms with van der Waals surface area (Å²) in [7, 11) is 0. The van der Waals surface area contributed by atoms with Gasteiger partial charge in [0, 0.05) is 0 Å². The molecule has 2 unspecified atom stereocenters. The lowest BCUT2D eigenvalue weighted by Crippen LogP contribution is -2.65. The van der Waals surface area contributed by atoms with Crippen LogP contribution in [0.1, 0.15) is 81.6 Å². The van der Waals surface area contributed by atoms with Crippen LogP contribution in [-0.4, -0.2) is 85.9 Å². The van der Waals surface area contributed by atoms with Crippen molar-refractivity contribution in [2.45, 2.75) is 117 Å². The number of likely N-dealkylation sites (tertiary alicyclic amines) is 2. The summed E-state index contributed by atoms with van der Waals surface area (Å²) in [6.07, 6.45) is 13.8. The minimum Gasteiger partial charge on any atom is -0.481 e. The number of rotatable bonds is 2. The number of hydrogen-bond donors (Lipinski definition) is 2. The first kappa shape index (κ1) is 37.6. The molecular weight excluding hydrogens is 670 g/mol. The van der Waals surface area contributed by atoms with Crippen molar-refractivity contribution in [2.24, 2.45) is 53.3 Å². The molecule has 2 N–H and O–H groups in total. The van der Waals surface area contributed by atoms with Crippen LogP contribution in [-0.2, 0) is 28.6 Å². The van der Waals surface area contributed by atoms with Gasteiger partial charge in [0.25, 0.3) is 0 Å². The van der Waals surface area contributed by atoms with Crippen LogP contribution in [0.25, 0.3) is 0 Å². The quantitative estimate of drug-likeness (QED) is 0.205. The molecule has 0 aromatic rings. The smallest absolute Gasteiger partial charge is 0.417 e. The summed E-state index contributed by atoms with van der Waals surface area (Å²) in [5.41, 5.74) is -1.66. The lowest BCUT2D eigenvalue weighted by Gasteiger charge is -2.46. The Balaban J connectivity index is 0.000000134. The molecule has 6 bridgehead atoms. The van der Waals surface area contributed by atoms with Crippen molar-refractivity contribution in [3.63, 3.8) is 0 Å². The van der Waals surface area contributed by atoms with Crippen LogP contribution in [0, 0.1) is 53.3 Å². The van der Waals surface area contributed by atoms with Crippen molar-refractivity contribution >= 4 is 36.1 Å². The number of carbonyl (C=O) groups is 6. The Morgan fingerprint density at radius 3 is 1.37 bits per heavy atom. The van der Waals surface area contributed by atoms with Gasteiger partial charge in [0.1, 0.15) is 16.8 Å². The number of fused-ring (bicyclic) bond motifs is 12. The second-order valence-corrected chi connectivity index (χ2v) is 18.3. The van der Waals surface area contributed by atoms with Crippen molar-refractivity contribution in [2.75, 3.05) is 0 Å². The lowest BCUT2D eigenvalue weighted by molar-refractivity contribution is -0.155. The Morgan fingerprint density at radius 1 is 0.596 bits per heavy atom. The molecule has 0 radical (unpaired) electrons. The van der Waals surface area contributed by atoms with E-state index in [1.165, 1.54) is 9.80 Å². The third kappa shape index (κ3) is 7.11. The molecule has 3 saturated carbocycles. The molecule has 13 heteroatoms. The van der Waals surface area contributed by atoms with Crippen molar-refractivity contribution in [3.8, 4) is 0 Å². The van der Waals surface area contributed by atoms with Crippen molar-refractivity contribution in [1.82, 2.24) is 15.1 Å². The first-order valence-corrected chi connectivity index (χ1v) is 18.4. The fraction of sp³-hybridized carbons (Fsp3) is 0.692. The fourth-order valence-electron chi connectivity index (χ4n) is 9.25. The maximum Gasteiger partial charge on any atom is 0.417 e. The molecule has 0 aromatic carbocycles. The summed E-state index contributed by atoms with van der Waals surface area (Å²) in [4.78, 5) is 73.4. The number of nitrogens with zero attached hydrogens (tertiary/aromatic N) is 2. The molecule has 12 atom stereocenters. The number of carboxylic acids is 1. The first-order chi connectivity index (χ1) is 24.0. The van der Waals surface area contributed by atoms with E-state index in [0.29, 0.717) is 23.7 Å². The number of allylic oxidation sites excluding steroid dienone is 3. The van der Waals surface area contributed by atoms with Gasteiger partial charge < -0.3 is 24.6 Å². The molecule has 8 rings (SSSR count). The van der Waals surface area contributed by atoms with E-state index in [1.807, 2.05) is 53.7 Å². The van der Waals surface area contributed by atoms with Gasteiger partial charge in [-0.2, -0.15) is 0 Å². The van der Waals surface area contributed by atoms with Gasteiger partial charge in [-0.3, -0.25) is 14.4 Å². The first-order valence-electron chi connectivity index (χ1n) is 18.4. The number of hydrogen-bond acceptors (Lipinski definition) is 9. The molecule has 52 heavy (non-hydrogen) atoms. The van der Waals surface area contributed by atoms with Crippen LogP contribution < -0.4 is 5.32 Å². The molecule has 6 aliphatic carbocycles. The summed E-state index contributed by atoms with van der Waals surface area (Å²) in [6, 6.07) is -0.230. The number of alkyl carbamates (subject to hydrolysis) is 1. The van der Waals surface area contributed by atoms with E-state index < -0.39 is 47.0 Å². The Bertz CT molecular complexity index is 1530. The number of carboxylic acid groups (broad SMARTS) is 1. The minimum atomic E-state index is -0.854. The van der Waals surface area contributed by atoms with E-state index >= 15 is 0 Å². The summed E-state index contributed by atoms with van der Waals surface area (Å²) in [5.74, 6) is 0.159. The highest BCUT2D eigenvalue weighted by atomic mass is 16.6. The van der Waals surface area contributed by atoms with Gasteiger partial charge in [0.15, 0.2) is 0 Å². The maximum absolute atomic E-state index is 12.0. The largest absolute Gasteiger partial charge is 0.481 e. The average molecular weight is 724 g/mol. The van der Waals surface area contributed by atoms with Crippen LogP contribution >= 0.6 is 0 Å². The van der Waals surface area contributed by atoms with Gasteiger partial charge in [-0.05, 0) is 117 Å². The highest BCUT2D eigenvalue weighted by molar-refractivity contribution is 6.01. The molecular formula is C39H53N3O10. The van der Waals surface area contributed by atoms with Crippen LogP contribution in [0.2, 0.25) is 0 Å². The number of aliphatic carboxylic acids is 1. The van der Waals surface area contributed by atoms with Gasteiger partial charge >= 0.3 is 24.2 Å². The van der Waals surface area contributed by atoms with Crippen molar-refractivity contribution < 1.29 is 48.1 Å². The van der Waals surface area contributed by atoms with Crippen molar-refractivity contribution in [3.05, 3.63) is 36.5 Å². The van der Waals surface area contributed by atoms with Crippen LogP contribution in [0.4, 0.5) is 14.4 Å². The predicted octanol–water partition coefficient (Wildman–Crippen LogP) is 5.70. The predicted molar refractivity (Wildman–Crippen MR) is 187 cm³/mol. The third-order valence-corrected chi connectivity index (χ3v) is 11.1. The zero-order chi connectivity index (χ0) is 38.2. The Kier molecular flexibility index (Phi) is 9.44. The van der Waals surface area contributed by atoms with Crippen LogP contribution in [0.5, 0.6) is 0 Å². The van der Waals surface area contributed by atoms with E-state index in [2.05, 4.69) is 29.6 Å². The second kappa shape index (κ2) is 13.1. The summed E-state index contributed by atoms with van der Waals surface area (Å²) in [5, 5.41) is 11.9. The molecule has 13 nitrogen and oxygen atoms in total. The van der Waals surface area contributed by atoms with Gasteiger partial charge in [-0.1, -0.05) is 36.5 Å². The number of carbonyl (C=O) groups excluding carboxylic acids is 5. The lowest BCUT2D eigenvalue weighted by atomic mass is 9.80. The summed E-state index contributed by atoms with van der Waals surface area (Å²) < 4.78 is 15.7. The van der Waals surface area contributed by atoms with Crippen LogP contribution in [0.15, 0.2) is 36.5 Å². The number of amides is 5. The van der Waals surface area contributed by atoms with E-state index in [-0.39, 0.29) is 53.6 Å². The Labute approximate surface area is 305 Å². The molecule has 2 heterocycles. The number of nitrogens with one attached hydrogen (secondary N) is 1. The SMILES string of the molecule is CC(C)(C)OC(=O)N1C(=O)C2C1[C@H]1C=C[C@@H]2C1.CC(C)(C)OC(=O)N1C(=O)[C@@H]2[C@H]1[C@H]1C=C[C@@H]2C1.CC(C)(C)OC(=O)N[C@@H]1[C@H](C(=O)O)[C@H]2C=C[C@@H]1C2. The highest BCUT2D eigenvalue weighted by Crippen LogP contribution is 2.54. The number of β-lactam (4-membered cyclic amide) rings is 2. The molecule has 284 valence electrons. The number of imide groups is 2. The second-order valence-electron chi connectivity index (χ2n) is 18.3. The highest BCUT2D eigenvalue weighted by Gasteiger charge is 2.64. The zero-order valence-corrected chi connectivity index (χ0v) is 31.5.